The molecule has 3 aromatic carbocycles. The summed E-state index contributed by atoms with van der Waals surface area (Å²) in [5.41, 5.74) is -0.315. The van der Waals surface area contributed by atoms with Crippen LogP contribution in [0.1, 0.15) is 15.9 Å². The van der Waals surface area contributed by atoms with Crippen molar-refractivity contribution in [3.8, 4) is 5.75 Å². The van der Waals surface area contributed by atoms with Crippen LogP contribution in [-0.4, -0.2) is 12.9 Å². The molecular formula is C18H11F3O2. The average molecular weight is 316 g/mol. The number of fused-ring (bicyclic) bond motifs is 1. The van der Waals surface area contributed by atoms with E-state index in [-0.39, 0.29) is 5.56 Å². The zero-order valence-electron chi connectivity index (χ0n) is 12.1. The van der Waals surface area contributed by atoms with Crippen LogP contribution in [0.2, 0.25) is 0 Å². The summed E-state index contributed by atoms with van der Waals surface area (Å²) < 4.78 is 45.1. The number of carbonyl (C=O) groups is 1. The van der Waals surface area contributed by atoms with Gasteiger partial charge < -0.3 is 4.74 Å². The molecule has 0 aliphatic heterocycles. The highest BCUT2D eigenvalue weighted by Crippen LogP contribution is 2.24. The van der Waals surface area contributed by atoms with Gasteiger partial charge in [-0.05, 0) is 41.1 Å². The lowest BCUT2D eigenvalue weighted by molar-refractivity contribution is 0.103. The molecule has 0 heterocycles. The SMILES string of the molecule is COc1ccc2cc(C(=O)c3ccc(F)c(F)c3F)ccc2c1. The molecule has 2 nitrogen and oxygen atoms in total. The van der Waals surface area contributed by atoms with Crippen LogP contribution in [0.5, 0.6) is 5.75 Å². The minimum atomic E-state index is -1.65. The van der Waals surface area contributed by atoms with E-state index in [4.69, 9.17) is 4.74 Å². The fourth-order valence-electron chi connectivity index (χ4n) is 2.35. The quantitative estimate of drug-likeness (QED) is 0.525. The number of halogens is 3. The standard InChI is InChI=1S/C18H11F3O2/c1-23-13-5-4-10-8-12(3-2-11(10)9-13)18(22)14-6-7-15(19)17(21)16(14)20/h2-9H,1H3. The maximum Gasteiger partial charge on any atom is 0.196 e. The lowest BCUT2D eigenvalue weighted by atomic mass is 9.99. The summed E-state index contributed by atoms with van der Waals surface area (Å²) in [7, 11) is 1.55. The molecule has 0 unspecified atom stereocenters. The van der Waals surface area contributed by atoms with Crippen LogP contribution in [0, 0.1) is 17.5 Å². The molecule has 0 radical (unpaired) electrons. The summed E-state index contributed by atoms with van der Waals surface area (Å²) in [4.78, 5) is 12.3. The van der Waals surface area contributed by atoms with Crippen molar-refractivity contribution in [1.29, 1.82) is 0 Å². The highest BCUT2D eigenvalue weighted by Gasteiger charge is 2.20. The molecule has 0 aliphatic carbocycles. The van der Waals surface area contributed by atoms with E-state index < -0.39 is 28.8 Å². The van der Waals surface area contributed by atoms with Crippen molar-refractivity contribution in [3.05, 3.63) is 77.1 Å². The Morgan fingerprint density at radius 3 is 2.30 bits per heavy atom. The molecule has 5 heteroatoms. The van der Waals surface area contributed by atoms with Crippen molar-refractivity contribution >= 4 is 16.6 Å². The maximum atomic E-state index is 13.8. The van der Waals surface area contributed by atoms with E-state index in [2.05, 4.69) is 0 Å². The fourth-order valence-corrected chi connectivity index (χ4v) is 2.35. The molecule has 23 heavy (non-hydrogen) atoms. The second-order valence-corrected chi connectivity index (χ2v) is 4.98. The van der Waals surface area contributed by atoms with Gasteiger partial charge in [0, 0.05) is 5.56 Å². The van der Waals surface area contributed by atoms with Crippen molar-refractivity contribution in [1.82, 2.24) is 0 Å². The Bertz CT molecular complexity index is 920. The van der Waals surface area contributed by atoms with E-state index in [1.165, 1.54) is 6.07 Å². The number of ketones is 1. The third kappa shape index (κ3) is 2.65. The Kier molecular flexibility index (Phi) is 3.78. The lowest BCUT2D eigenvalue weighted by Crippen LogP contribution is -2.07. The van der Waals surface area contributed by atoms with E-state index in [0.717, 1.165) is 22.9 Å². The van der Waals surface area contributed by atoms with Gasteiger partial charge in [-0.15, -0.1) is 0 Å². The monoisotopic (exact) mass is 316 g/mol. The summed E-state index contributed by atoms with van der Waals surface area (Å²) in [6.45, 7) is 0. The van der Waals surface area contributed by atoms with Gasteiger partial charge in [0.2, 0.25) is 0 Å². The van der Waals surface area contributed by atoms with Crippen LogP contribution in [-0.2, 0) is 0 Å². The number of benzene rings is 3. The van der Waals surface area contributed by atoms with Gasteiger partial charge in [0.25, 0.3) is 0 Å². The van der Waals surface area contributed by atoms with E-state index >= 15 is 0 Å². The zero-order chi connectivity index (χ0) is 16.6. The smallest absolute Gasteiger partial charge is 0.196 e. The highest BCUT2D eigenvalue weighted by atomic mass is 19.2. The molecule has 3 rings (SSSR count). The van der Waals surface area contributed by atoms with E-state index in [1.807, 2.05) is 0 Å². The van der Waals surface area contributed by atoms with E-state index in [9.17, 15) is 18.0 Å². The van der Waals surface area contributed by atoms with Crippen molar-refractivity contribution < 1.29 is 22.7 Å². The highest BCUT2D eigenvalue weighted by molar-refractivity contribution is 6.10. The van der Waals surface area contributed by atoms with Gasteiger partial charge in [-0.2, -0.15) is 0 Å². The minimum Gasteiger partial charge on any atom is -0.497 e. The summed E-state index contributed by atoms with van der Waals surface area (Å²) in [5, 5.41) is 1.59. The van der Waals surface area contributed by atoms with Crippen LogP contribution >= 0.6 is 0 Å². The Labute approximate surface area is 130 Å². The predicted octanol–water partition coefficient (Wildman–Crippen LogP) is 4.50. The number of hydrogen-bond donors (Lipinski definition) is 0. The largest absolute Gasteiger partial charge is 0.497 e. The van der Waals surface area contributed by atoms with Crippen LogP contribution in [0.4, 0.5) is 13.2 Å². The van der Waals surface area contributed by atoms with E-state index in [0.29, 0.717) is 5.75 Å². The normalized spacial score (nSPS) is 10.8. The van der Waals surface area contributed by atoms with Gasteiger partial charge in [-0.25, -0.2) is 13.2 Å². The van der Waals surface area contributed by atoms with Gasteiger partial charge in [0.05, 0.1) is 12.7 Å². The molecule has 3 aromatic rings. The molecule has 0 amide bonds. The molecule has 0 spiro atoms. The number of hydrogen-bond acceptors (Lipinski definition) is 2. The van der Waals surface area contributed by atoms with Crippen molar-refractivity contribution in [2.45, 2.75) is 0 Å². The summed E-state index contributed by atoms with van der Waals surface area (Å²) in [6.07, 6.45) is 0. The Morgan fingerprint density at radius 1 is 0.870 bits per heavy atom. The number of methoxy groups -OCH3 is 1. The van der Waals surface area contributed by atoms with Gasteiger partial charge in [-0.3, -0.25) is 4.79 Å². The zero-order valence-corrected chi connectivity index (χ0v) is 12.1. The van der Waals surface area contributed by atoms with Crippen LogP contribution in [0.25, 0.3) is 10.8 Å². The van der Waals surface area contributed by atoms with Crippen molar-refractivity contribution in [2.24, 2.45) is 0 Å². The molecule has 0 saturated carbocycles. The first kappa shape index (κ1) is 15.1. The third-order valence-corrected chi connectivity index (χ3v) is 3.59. The molecular weight excluding hydrogens is 305 g/mol. The van der Waals surface area contributed by atoms with Crippen LogP contribution in [0.3, 0.4) is 0 Å². The average Bonchev–Trinajstić information content (AvgIpc) is 2.58. The van der Waals surface area contributed by atoms with Crippen LogP contribution in [0.15, 0.2) is 48.5 Å². The third-order valence-electron chi connectivity index (χ3n) is 3.59. The lowest BCUT2D eigenvalue weighted by Gasteiger charge is -2.07. The molecule has 0 aromatic heterocycles. The first-order valence-corrected chi connectivity index (χ1v) is 6.77. The first-order chi connectivity index (χ1) is 11.0. The predicted molar refractivity (Wildman–Crippen MR) is 80.2 cm³/mol. The van der Waals surface area contributed by atoms with Crippen LogP contribution < -0.4 is 4.74 Å². The fraction of sp³-hybridized carbons (Fsp3) is 0.0556. The molecule has 0 aliphatic rings. The molecule has 0 fully saturated rings. The Balaban J connectivity index is 2.06. The van der Waals surface area contributed by atoms with Gasteiger partial charge in [-0.1, -0.05) is 18.2 Å². The topological polar surface area (TPSA) is 26.3 Å². The van der Waals surface area contributed by atoms with Gasteiger partial charge >= 0.3 is 0 Å². The summed E-state index contributed by atoms with van der Waals surface area (Å²) in [5.74, 6) is -4.50. The Hall–Kier alpha value is -2.82. The number of ether oxygens (including phenoxy) is 1. The van der Waals surface area contributed by atoms with Crippen molar-refractivity contribution in [2.75, 3.05) is 7.11 Å². The molecule has 0 N–H and O–H groups in total. The second-order valence-electron chi connectivity index (χ2n) is 4.98. The molecule has 0 saturated heterocycles. The maximum absolute atomic E-state index is 13.8. The molecule has 0 bridgehead atoms. The second kappa shape index (κ2) is 5.76. The summed E-state index contributed by atoms with van der Waals surface area (Å²) in [6, 6.07) is 11.7. The summed E-state index contributed by atoms with van der Waals surface area (Å²) >= 11 is 0. The van der Waals surface area contributed by atoms with Crippen molar-refractivity contribution in [3.63, 3.8) is 0 Å². The van der Waals surface area contributed by atoms with Gasteiger partial charge in [0.15, 0.2) is 23.2 Å². The van der Waals surface area contributed by atoms with E-state index in [1.54, 1.807) is 37.4 Å². The number of rotatable bonds is 3. The molecule has 0 atom stereocenters. The number of carbonyl (C=O) groups excluding carboxylic acids is 1. The molecule has 116 valence electrons. The first-order valence-electron chi connectivity index (χ1n) is 6.77. The van der Waals surface area contributed by atoms with Gasteiger partial charge in [0.1, 0.15) is 5.75 Å². The minimum absolute atomic E-state index is 0.188. The Morgan fingerprint density at radius 2 is 1.57 bits per heavy atom.